The first-order valence-corrected chi connectivity index (χ1v) is 5.65. The summed E-state index contributed by atoms with van der Waals surface area (Å²) in [6.07, 6.45) is 0. The first-order chi connectivity index (χ1) is 8.63. The molecule has 18 heavy (non-hydrogen) atoms. The van der Waals surface area contributed by atoms with E-state index in [-0.39, 0.29) is 29.0 Å². The average molecular weight is 269 g/mol. The number of alkyl halides is 1. The predicted octanol–water partition coefficient (Wildman–Crippen LogP) is 0.612. The van der Waals surface area contributed by atoms with Gasteiger partial charge in [-0.2, -0.15) is 0 Å². The van der Waals surface area contributed by atoms with Crippen LogP contribution < -0.4 is 11.2 Å². The molecule has 1 aromatic carbocycles. The third kappa shape index (κ3) is 2.28. The van der Waals surface area contributed by atoms with Crippen LogP contribution in [0.15, 0.2) is 27.8 Å². The molecule has 0 bridgehead atoms. The van der Waals surface area contributed by atoms with Crippen LogP contribution in [0.2, 0.25) is 0 Å². The van der Waals surface area contributed by atoms with Crippen molar-refractivity contribution in [2.75, 3.05) is 12.5 Å². The highest BCUT2D eigenvalue weighted by Gasteiger charge is 2.13. The van der Waals surface area contributed by atoms with Crippen molar-refractivity contribution in [1.82, 2.24) is 9.97 Å². The Hall–Kier alpha value is -2.08. The molecule has 7 heteroatoms. The highest BCUT2D eigenvalue weighted by molar-refractivity contribution is 6.18. The maximum Gasteiger partial charge on any atom is 0.340 e. The SMILES string of the molecule is O=C(OCCCl)c1cccc2c(=O)[nH]c(=O)[nH]c12. The number of benzene rings is 1. The number of carbonyl (C=O) groups is 1. The zero-order valence-corrected chi connectivity index (χ0v) is 9.91. The first kappa shape index (κ1) is 12.4. The summed E-state index contributed by atoms with van der Waals surface area (Å²) in [5, 5.41) is 0.218. The number of aromatic nitrogens is 2. The van der Waals surface area contributed by atoms with Gasteiger partial charge >= 0.3 is 11.7 Å². The lowest BCUT2D eigenvalue weighted by Crippen LogP contribution is -2.23. The van der Waals surface area contributed by atoms with Gasteiger partial charge in [-0.25, -0.2) is 9.59 Å². The van der Waals surface area contributed by atoms with Gasteiger partial charge in [-0.15, -0.1) is 11.6 Å². The normalized spacial score (nSPS) is 10.5. The Kier molecular flexibility index (Phi) is 3.47. The lowest BCUT2D eigenvalue weighted by Gasteiger charge is -2.05. The topological polar surface area (TPSA) is 92.0 Å². The second kappa shape index (κ2) is 5.05. The van der Waals surface area contributed by atoms with Crippen molar-refractivity contribution in [2.24, 2.45) is 0 Å². The fraction of sp³-hybridized carbons (Fsp3) is 0.182. The summed E-state index contributed by atoms with van der Waals surface area (Å²) in [4.78, 5) is 39.0. The summed E-state index contributed by atoms with van der Waals surface area (Å²) in [7, 11) is 0. The molecular formula is C11H9ClN2O4. The molecule has 0 unspecified atom stereocenters. The van der Waals surface area contributed by atoms with Gasteiger partial charge in [-0.3, -0.25) is 9.78 Å². The number of ether oxygens (including phenoxy) is 1. The number of hydrogen-bond acceptors (Lipinski definition) is 4. The van der Waals surface area contributed by atoms with Crippen molar-refractivity contribution in [2.45, 2.75) is 0 Å². The Morgan fingerprint density at radius 2 is 2.06 bits per heavy atom. The molecule has 0 fully saturated rings. The summed E-state index contributed by atoms with van der Waals surface area (Å²) in [6, 6.07) is 4.50. The summed E-state index contributed by atoms with van der Waals surface area (Å²) in [5.74, 6) is -0.462. The van der Waals surface area contributed by atoms with Crippen molar-refractivity contribution in [3.8, 4) is 0 Å². The van der Waals surface area contributed by atoms with E-state index >= 15 is 0 Å². The lowest BCUT2D eigenvalue weighted by molar-refractivity contribution is 0.0531. The maximum absolute atomic E-state index is 11.7. The fourth-order valence-electron chi connectivity index (χ4n) is 1.57. The van der Waals surface area contributed by atoms with Crippen LogP contribution in [0, 0.1) is 0 Å². The van der Waals surface area contributed by atoms with Gasteiger partial charge in [-0.1, -0.05) is 6.07 Å². The summed E-state index contributed by atoms with van der Waals surface area (Å²) >= 11 is 5.41. The molecular weight excluding hydrogens is 260 g/mol. The van der Waals surface area contributed by atoms with Gasteiger partial charge in [0.2, 0.25) is 0 Å². The summed E-state index contributed by atoms with van der Waals surface area (Å²) in [5.41, 5.74) is -0.947. The monoisotopic (exact) mass is 268 g/mol. The molecule has 1 heterocycles. The van der Waals surface area contributed by atoms with Crippen molar-refractivity contribution >= 4 is 28.5 Å². The van der Waals surface area contributed by atoms with Crippen LogP contribution in [0.1, 0.15) is 10.4 Å². The van der Waals surface area contributed by atoms with Crippen LogP contribution in [0.4, 0.5) is 0 Å². The molecule has 1 aromatic heterocycles. The predicted molar refractivity (Wildman–Crippen MR) is 66.2 cm³/mol. The molecule has 0 aliphatic carbocycles. The Labute approximate surface area is 106 Å². The molecule has 0 saturated carbocycles. The van der Waals surface area contributed by atoms with E-state index < -0.39 is 17.2 Å². The van der Waals surface area contributed by atoms with E-state index in [1.165, 1.54) is 18.2 Å². The highest BCUT2D eigenvalue weighted by atomic mass is 35.5. The van der Waals surface area contributed by atoms with Crippen molar-refractivity contribution in [3.63, 3.8) is 0 Å². The number of hydrogen-bond donors (Lipinski definition) is 2. The number of halogens is 1. The molecule has 0 spiro atoms. The molecule has 0 radical (unpaired) electrons. The Morgan fingerprint density at radius 3 is 2.78 bits per heavy atom. The number of para-hydroxylation sites is 1. The smallest absolute Gasteiger partial charge is 0.340 e. The average Bonchev–Trinajstić information content (AvgIpc) is 2.35. The molecule has 0 saturated heterocycles. The van der Waals surface area contributed by atoms with Gasteiger partial charge in [0.15, 0.2) is 0 Å². The van der Waals surface area contributed by atoms with Crippen LogP contribution in [0.5, 0.6) is 0 Å². The first-order valence-electron chi connectivity index (χ1n) is 5.12. The number of nitrogens with one attached hydrogen (secondary N) is 2. The van der Waals surface area contributed by atoms with Crippen LogP contribution >= 0.6 is 11.6 Å². The molecule has 0 amide bonds. The second-order valence-corrected chi connectivity index (χ2v) is 3.84. The molecule has 0 atom stereocenters. The van der Waals surface area contributed by atoms with Crippen LogP contribution in [-0.2, 0) is 4.74 Å². The van der Waals surface area contributed by atoms with E-state index in [0.717, 1.165) is 0 Å². The summed E-state index contributed by atoms with van der Waals surface area (Å²) in [6.45, 7) is 0.0597. The van der Waals surface area contributed by atoms with Crippen molar-refractivity contribution in [1.29, 1.82) is 0 Å². The number of rotatable bonds is 3. The van der Waals surface area contributed by atoms with E-state index in [0.29, 0.717) is 0 Å². The largest absolute Gasteiger partial charge is 0.461 e. The van der Waals surface area contributed by atoms with E-state index in [2.05, 4.69) is 9.97 Å². The fourth-order valence-corrected chi connectivity index (χ4v) is 1.65. The Bertz CT molecular complexity index is 704. The third-order valence-electron chi connectivity index (χ3n) is 2.30. The molecule has 0 aliphatic rings. The summed E-state index contributed by atoms with van der Waals surface area (Å²) < 4.78 is 4.86. The van der Waals surface area contributed by atoms with Gasteiger partial charge in [0.1, 0.15) is 6.61 Å². The number of aromatic amines is 2. The molecule has 0 aliphatic heterocycles. The number of carbonyl (C=O) groups excluding carboxylic acids is 1. The Morgan fingerprint density at radius 1 is 1.28 bits per heavy atom. The number of esters is 1. The van der Waals surface area contributed by atoms with Crippen LogP contribution in [-0.4, -0.2) is 28.4 Å². The minimum Gasteiger partial charge on any atom is -0.461 e. The van der Waals surface area contributed by atoms with Gasteiger partial charge in [-0.05, 0) is 12.1 Å². The van der Waals surface area contributed by atoms with Gasteiger partial charge < -0.3 is 9.72 Å². The van der Waals surface area contributed by atoms with E-state index in [9.17, 15) is 14.4 Å². The maximum atomic E-state index is 11.7. The van der Waals surface area contributed by atoms with Crippen molar-refractivity contribution < 1.29 is 9.53 Å². The third-order valence-corrected chi connectivity index (χ3v) is 2.46. The van der Waals surface area contributed by atoms with E-state index in [1.807, 2.05) is 0 Å². The number of H-pyrrole nitrogens is 2. The minimum absolute atomic E-state index is 0.0597. The standard InChI is InChI=1S/C11H9ClN2O4/c12-4-5-18-10(16)7-3-1-2-6-8(7)13-11(17)14-9(6)15/h1-3H,4-5H2,(H2,13,14,15,17). The molecule has 94 valence electrons. The molecule has 2 aromatic rings. The quantitative estimate of drug-likeness (QED) is 0.630. The zero-order chi connectivity index (χ0) is 13.1. The highest BCUT2D eigenvalue weighted by Crippen LogP contribution is 2.12. The van der Waals surface area contributed by atoms with Crippen LogP contribution in [0.3, 0.4) is 0 Å². The number of fused-ring (bicyclic) bond motifs is 1. The second-order valence-electron chi connectivity index (χ2n) is 3.46. The zero-order valence-electron chi connectivity index (χ0n) is 9.16. The molecule has 6 nitrogen and oxygen atoms in total. The molecule has 2 N–H and O–H groups in total. The van der Waals surface area contributed by atoms with Crippen LogP contribution in [0.25, 0.3) is 10.9 Å². The van der Waals surface area contributed by atoms with E-state index in [1.54, 1.807) is 0 Å². The minimum atomic E-state index is -0.676. The van der Waals surface area contributed by atoms with Gasteiger partial charge in [0, 0.05) is 0 Å². The van der Waals surface area contributed by atoms with Crippen molar-refractivity contribution in [3.05, 3.63) is 44.6 Å². The molecule has 2 rings (SSSR count). The van der Waals surface area contributed by atoms with Gasteiger partial charge in [0.25, 0.3) is 5.56 Å². The Balaban J connectivity index is 2.61. The van der Waals surface area contributed by atoms with Gasteiger partial charge in [0.05, 0.1) is 22.3 Å². The van der Waals surface area contributed by atoms with E-state index in [4.69, 9.17) is 16.3 Å². The lowest BCUT2D eigenvalue weighted by atomic mass is 10.1.